The fourth-order valence-electron chi connectivity index (χ4n) is 4.12. The number of ketones is 2. The number of benzene rings is 1. The van der Waals surface area contributed by atoms with Gasteiger partial charge in [0.1, 0.15) is 6.61 Å². The van der Waals surface area contributed by atoms with Gasteiger partial charge in [-0.15, -0.1) is 0 Å². The highest BCUT2D eigenvalue weighted by Gasteiger charge is 2.32. The summed E-state index contributed by atoms with van der Waals surface area (Å²) in [5.74, 6) is -2.51. The van der Waals surface area contributed by atoms with Crippen molar-refractivity contribution in [2.45, 2.75) is 65.0 Å². The van der Waals surface area contributed by atoms with Gasteiger partial charge in [0.05, 0.1) is 6.04 Å². The van der Waals surface area contributed by atoms with Gasteiger partial charge < -0.3 is 15.4 Å². The summed E-state index contributed by atoms with van der Waals surface area (Å²) in [6.07, 6.45) is 4.50. The van der Waals surface area contributed by atoms with Crippen LogP contribution in [0.5, 0.6) is 0 Å². The monoisotopic (exact) mass is 499 g/mol. The van der Waals surface area contributed by atoms with Crippen LogP contribution < -0.4 is 10.6 Å². The molecule has 0 spiro atoms. The average molecular weight is 500 g/mol. The summed E-state index contributed by atoms with van der Waals surface area (Å²) in [6.45, 7) is 4.14. The molecule has 2 amide bonds. The van der Waals surface area contributed by atoms with Gasteiger partial charge in [0.2, 0.25) is 5.78 Å². The molecule has 0 radical (unpaired) electrons. The smallest absolute Gasteiger partial charge is 0.408 e. The molecule has 1 aliphatic heterocycles. The highest BCUT2D eigenvalue weighted by atomic mass is 32.1. The first kappa shape index (κ1) is 26.5. The van der Waals surface area contributed by atoms with E-state index in [4.69, 9.17) is 4.74 Å². The zero-order valence-electron chi connectivity index (χ0n) is 20.2. The van der Waals surface area contributed by atoms with Crippen LogP contribution in [0, 0.1) is 11.8 Å². The van der Waals surface area contributed by atoms with Crippen molar-refractivity contribution in [2.24, 2.45) is 11.8 Å². The molecule has 2 heterocycles. The zero-order valence-corrected chi connectivity index (χ0v) is 21.1. The third-order valence-corrected chi connectivity index (χ3v) is 7.05. The molecule has 0 bridgehead atoms. The Labute approximate surface area is 210 Å². The number of fused-ring (bicyclic) bond motifs is 1. The molecule has 1 aromatic carbocycles. The molecule has 0 aliphatic carbocycles. The zero-order chi connectivity index (χ0) is 25.2. The number of hydrogen-bond acceptors (Lipinski definition) is 7. The summed E-state index contributed by atoms with van der Waals surface area (Å²) in [5, 5.41) is 5.34. The summed E-state index contributed by atoms with van der Waals surface area (Å²) in [7, 11) is 0. The third kappa shape index (κ3) is 7.99. The van der Waals surface area contributed by atoms with Crippen LogP contribution in [0.4, 0.5) is 4.79 Å². The first-order valence-electron chi connectivity index (χ1n) is 12.1. The number of nitrogens with zero attached hydrogens (tertiary/aromatic N) is 1. The van der Waals surface area contributed by atoms with E-state index in [0.717, 1.165) is 30.4 Å². The van der Waals surface area contributed by atoms with Crippen LogP contribution in [-0.4, -0.2) is 40.5 Å². The minimum absolute atomic E-state index is 0.0873. The number of carbonyl (C=O) groups is 4. The summed E-state index contributed by atoms with van der Waals surface area (Å²) >= 11 is 1.46. The topological polar surface area (TPSA) is 114 Å². The number of carbonyl (C=O) groups excluding carboxylic acids is 4. The molecular formula is C26H33N3O5S. The van der Waals surface area contributed by atoms with Gasteiger partial charge in [-0.3, -0.25) is 14.4 Å². The second kappa shape index (κ2) is 13.1. The fraction of sp³-hybridized carbons (Fsp3) is 0.500. The number of hydrogen-bond donors (Lipinski definition) is 2. The second-order valence-corrected chi connectivity index (χ2v) is 10.1. The van der Waals surface area contributed by atoms with E-state index in [9.17, 15) is 19.2 Å². The van der Waals surface area contributed by atoms with E-state index in [0.29, 0.717) is 19.4 Å². The van der Waals surface area contributed by atoms with E-state index in [2.05, 4.69) is 15.0 Å². The van der Waals surface area contributed by atoms with Crippen LogP contribution in [-0.2, 0) is 38.6 Å². The van der Waals surface area contributed by atoms with E-state index >= 15 is 0 Å². The lowest BCUT2D eigenvalue weighted by Gasteiger charge is -2.23. The SMILES string of the molecule is CC(C)C(NC(=O)OCc1ccccc1)C(=O)CC1CCc2cnsc2CCCCNC(=O)C1=O. The van der Waals surface area contributed by atoms with Crippen molar-refractivity contribution in [1.82, 2.24) is 15.0 Å². The summed E-state index contributed by atoms with van der Waals surface area (Å²) in [4.78, 5) is 52.2. The van der Waals surface area contributed by atoms with E-state index < -0.39 is 29.7 Å². The highest BCUT2D eigenvalue weighted by Crippen LogP contribution is 2.23. The standard InChI is InChI=1S/C26H33N3O5S/c1-17(2)23(29-26(33)34-16-18-8-4-3-5-9-18)21(30)14-19-11-12-20-15-28-35-22(20)10-6-7-13-27-25(32)24(19)31/h3-5,8-9,15,17,19,23H,6-7,10-14,16H2,1-2H3,(H,27,32)(H,29,33). The van der Waals surface area contributed by atoms with Gasteiger partial charge in [0, 0.05) is 30.0 Å². The molecular weight excluding hydrogens is 466 g/mol. The van der Waals surface area contributed by atoms with E-state index in [1.807, 2.05) is 50.4 Å². The van der Waals surface area contributed by atoms with Crippen LogP contribution in [0.15, 0.2) is 36.5 Å². The lowest BCUT2D eigenvalue weighted by molar-refractivity contribution is -0.141. The first-order valence-corrected chi connectivity index (χ1v) is 12.9. The maximum Gasteiger partial charge on any atom is 0.408 e. The van der Waals surface area contributed by atoms with Gasteiger partial charge in [-0.05, 0) is 60.7 Å². The third-order valence-electron chi connectivity index (χ3n) is 6.15. The lowest BCUT2D eigenvalue weighted by Crippen LogP contribution is -2.46. The van der Waals surface area contributed by atoms with Gasteiger partial charge >= 0.3 is 6.09 Å². The number of amides is 2. The van der Waals surface area contributed by atoms with Gasteiger partial charge in [-0.1, -0.05) is 44.2 Å². The Morgan fingerprint density at radius 2 is 1.94 bits per heavy atom. The van der Waals surface area contributed by atoms with Crippen LogP contribution in [0.25, 0.3) is 0 Å². The van der Waals surface area contributed by atoms with Crippen molar-refractivity contribution in [3.63, 3.8) is 0 Å². The quantitative estimate of drug-likeness (QED) is 0.563. The minimum atomic E-state index is -0.825. The molecule has 35 heavy (non-hydrogen) atoms. The normalized spacial score (nSPS) is 18.0. The predicted molar refractivity (Wildman–Crippen MR) is 133 cm³/mol. The lowest BCUT2D eigenvalue weighted by atomic mass is 9.86. The number of alkyl carbamates (subject to hydrolysis) is 1. The van der Waals surface area contributed by atoms with Crippen LogP contribution >= 0.6 is 11.5 Å². The van der Waals surface area contributed by atoms with Gasteiger partial charge in [0.15, 0.2) is 5.78 Å². The number of rotatable bonds is 7. The first-order chi connectivity index (χ1) is 16.8. The number of aryl methyl sites for hydroxylation is 2. The molecule has 2 N–H and O–H groups in total. The van der Waals surface area contributed by atoms with Crippen LogP contribution in [0.2, 0.25) is 0 Å². The second-order valence-electron chi connectivity index (χ2n) is 9.19. The molecule has 0 saturated heterocycles. The van der Waals surface area contributed by atoms with Crippen molar-refractivity contribution < 1.29 is 23.9 Å². The molecule has 0 fully saturated rings. The van der Waals surface area contributed by atoms with Gasteiger partial charge in [-0.25, -0.2) is 9.17 Å². The maximum absolute atomic E-state index is 13.2. The van der Waals surface area contributed by atoms with Gasteiger partial charge in [0.25, 0.3) is 5.91 Å². The van der Waals surface area contributed by atoms with E-state index in [1.165, 1.54) is 16.4 Å². The molecule has 1 aromatic heterocycles. The summed E-state index contributed by atoms with van der Waals surface area (Å²) in [6, 6.07) is 8.43. The number of ether oxygens (including phenoxy) is 1. The Morgan fingerprint density at radius 1 is 1.17 bits per heavy atom. The van der Waals surface area contributed by atoms with Crippen LogP contribution in [0.1, 0.15) is 55.5 Å². The van der Waals surface area contributed by atoms with Crippen molar-refractivity contribution >= 4 is 35.1 Å². The summed E-state index contributed by atoms with van der Waals surface area (Å²) in [5.41, 5.74) is 1.91. The van der Waals surface area contributed by atoms with Crippen molar-refractivity contribution in [3.8, 4) is 0 Å². The molecule has 0 saturated carbocycles. The van der Waals surface area contributed by atoms with Gasteiger partial charge in [-0.2, -0.15) is 0 Å². The maximum atomic E-state index is 13.2. The fourth-order valence-corrected chi connectivity index (χ4v) is 4.93. The van der Waals surface area contributed by atoms with E-state index in [1.54, 1.807) is 0 Å². The predicted octanol–water partition coefficient (Wildman–Crippen LogP) is 3.62. The Morgan fingerprint density at radius 3 is 2.69 bits per heavy atom. The minimum Gasteiger partial charge on any atom is -0.445 e. The number of Topliss-reactive ketones (excluding diaryl/α,β-unsaturated/α-hetero) is 2. The molecule has 3 rings (SSSR count). The molecule has 2 aromatic rings. The average Bonchev–Trinajstić information content (AvgIpc) is 3.29. The molecule has 8 nitrogen and oxygen atoms in total. The van der Waals surface area contributed by atoms with Crippen LogP contribution in [0.3, 0.4) is 0 Å². The largest absolute Gasteiger partial charge is 0.445 e. The Hall–Kier alpha value is -3.07. The summed E-state index contributed by atoms with van der Waals surface area (Å²) < 4.78 is 9.56. The van der Waals surface area contributed by atoms with Crippen molar-refractivity contribution in [2.75, 3.05) is 6.54 Å². The highest BCUT2D eigenvalue weighted by molar-refractivity contribution is 7.05. The molecule has 1 aliphatic rings. The number of aromatic nitrogens is 1. The molecule has 2 unspecified atom stereocenters. The van der Waals surface area contributed by atoms with Crippen molar-refractivity contribution in [1.29, 1.82) is 0 Å². The number of nitrogens with one attached hydrogen (secondary N) is 2. The molecule has 188 valence electrons. The Bertz CT molecular complexity index is 1020. The Balaban J connectivity index is 1.66. The molecule has 9 heteroatoms. The molecule has 2 atom stereocenters. The Kier molecular flexibility index (Phi) is 9.96. The van der Waals surface area contributed by atoms with E-state index in [-0.39, 0.29) is 24.7 Å². The van der Waals surface area contributed by atoms with Crippen molar-refractivity contribution in [3.05, 3.63) is 52.5 Å².